The van der Waals surface area contributed by atoms with E-state index in [0.717, 1.165) is 0 Å². The smallest absolute Gasteiger partial charge is 0.285 e. The Morgan fingerprint density at radius 2 is 1.88 bits per heavy atom. The Hall–Kier alpha value is -3.93. The van der Waals surface area contributed by atoms with Crippen molar-refractivity contribution in [3.63, 3.8) is 0 Å². The summed E-state index contributed by atoms with van der Waals surface area (Å²) in [6.07, 6.45) is 1.44. The van der Waals surface area contributed by atoms with Crippen molar-refractivity contribution in [3.05, 3.63) is 83.8 Å². The van der Waals surface area contributed by atoms with Crippen LogP contribution >= 0.6 is 0 Å². The number of aromatic nitrogens is 1. The van der Waals surface area contributed by atoms with Gasteiger partial charge in [-0.25, -0.2) is 13.6 Å². The molecule has 6 N–H and O–H groups in total. The maximum absolute atomic E-state index is 14.8. The Bertz CT molecular complexity index is 1260. The number of pyridine rings is 1. The topological polar surface area (TPSA) is 153 Å². The van der Waals surface area contributed by atoms with Crippen molar-refractivity contribution in [1.82, 2.24) is 4.98 Å². The average Bonchev–Trinajstić information content (AvgIpc) is 2.87. The second-order valence-electron chi connectivity index (χ2n) is 6.72. The minimum atomic E-state index is -1.86. The second kappa shape index (κ2) is 10.6. The van der Waals surface area contributed by atoms with Gasteiger partial charge in [-0.2, -0.15) is 10.2 Å². The Labute approximate surface area is 191 Å². The molecule has 170 valence electrons. The molecule has 2 aromatic carbocycles. The average molecular weight is 469 g/mol. The van der Waals surface area contributed by atoms with E-state index in [9.17, 15) is 13.4 Å². The SMILES string of the molecule is CC(=C(F)C(=O)Nc1ccc(-c2ccccc2S(=O)ON)cn1)c1cccc(C(N)=NO)c1. The van der Waals surface area contributed by atoms with Crippen molar-refractivity contribution in [1.29, 1.82) is 0 Å². The summed E-state index contributed by atoms with van der Waals surface area (Å²) in [5.74, 6) is 3.01. The highest BCUT2D eigenvalue weighted by Gasteiger charge is 2.16. The lowest BCUT2D eigenvalue weighted by molar-refractivity contribution is -0.114. The van der Waals surface area contributed by atoms with E-state index in [4.69, 9.17) is 16.8 Å². The van der Waals surface area contributed by atoms with Crippen LogP contribution in [0.4, 0.5) is 10.2 Å². The normalized spacial score (nSPS) is 13.2. The lowest BCUT2D eigenvalue weighted by Crippen LogP contribution is -2.15. The van der Waals surface area contributed by atoms with Gasteiger partial charge in [-0.3, -0.25) is 4.79 Å². The summed E-state index contributed by atoms with van der Waals surface area (Å²) in [5.41, 5.74) is 7.57. The minimum Gasteiger partial charge on any atom is -0.409 e. The lowest BCUT2D eigenvalue weighted by atomic mass is 10.0. The summed E-state index contributed by atoms with van der Waals surface area (Å²) < 4.78 is 31.1. The number of carbonyl (C=O) groups is 1. The second-order valence-corrected chi connectivity index (χ2v) is 7.82. The molecule has 0 aliphatic rings. The summed E-state index contributed by atoms with van der Waals surface area (Å²) in [4.78, 5) is 16.9. The highest BCUT2D eigenvalue weighted by molar-refractivity contribution is 7.80. The Morgan fingerprint density at radius 1 is 1.15 bits per heavy atom. The van der Waals surface area contributed by atoms with Crippen LogP contribution < -0.4 is 16.9 Å². The minimum absolute atomic E-state index is 0.0647. The molecule has 0 bridgehead atoms. The van der Waals surface area contributed by atoms with E-state index in [0.29, 0.717) is 27.1 Å². The Kier molecular flexibility index (Phi) is 7.61. The van der Waals surface area contributed by atoms with Gasteiger partial charge < -0.3 is 16.3 Å². The van der Waals surface area contributed by atoms with Gasteiger partial charge in [0.05, 0.1) is 4.90 Å². The molecule has 0 fully saturated rings. The van der Waals surface area contributed by atoms with E-state index in [-0.39, 0.29) is 17.2 Å². The van der Waals surface area contributed by atoms with E-state index in [1.807, 2.05) is 0 Å². The van der Waals surface area contributed by atoms with E-state index in [2.05, 4.69) is 19.7 Å². The van der Waals surface area contributed by atoms with Gasteiger partial charge in [0, 0.05) is 22.9 Å². The lowest BCUT2D eigenvalue weighted by Gasteiger charge is -2.10. The van der Waals surface area contributed by atoms with Crippen LogP contribution in [0.3, 0.4) is 0 Å². The van der Waals surface area contributed by atoms with E-state index in [1.54, 1.807) is 48.5 Å². The summed E-state index contributed by atoms with van der Waals surface area (Å²) in [6, 6.07) is 16.1. The number of allylic oxidation sites excluding steroid dienone is 1. The summed E-state index contributed by atoms with van der Waals surface area (Å²) in [7, 11) is 0. The molecule has 1 aromatic heterocycles. The first-order valence-corrected chi connectivity index (χ1v) is 10.5. The standard InChI is InChI=1S/C22H20FN5O4S/c1-13(14-5-4-6-15(11-14)21(24)28-30)20(23)22(29)27-19-10-9-16(12-26-19)17-7-2-3-8-18(17)33(31)32-25/h2-12,30H,25H2,1H3,(H2,24,28)(H,26,27,29). The molecule has 0 aliphatic heterocycles. The number of oxime groups is 1. The first-order chi connectivity index (χ1) is 15.8. The third-order valence-electron chi connectivity index (χ3n) is 4.70. The van der Waals surface area contributed by atoms with Crippen LogP contribution in [0.1, 0.15) is 18.1 Å². The molecular formula is C22H20FN5O4S. The van der Waals surface area contributed by atoms with Crippen LogP contribution in [0.5, 0.6) is 0 Å². The fourth-order valence-corrected chi connectivity index (χ4v) is 3.63. The predicted molar refractivity (Wildman–Crippen MR) is 123 cm³/mol. The van der Waals surface area contributed by atoms with Gasteiger partial charge in [-0.05, 0) is 42.3 Å². The third kappa shape index (κ3) is 5.47. The molecule has 0 saturated carbocycles. The maximum atomic E-state index is 14.8. The van der Waals surface area contributed by atoms with Crippen LogP contribution in [0.2, 0.25) is 0 Å². The number of rotatable bonds is 7. The Balaban J connectivity index is 1.81. The predicted octanol–water partition coefficient (Wildman–Crippen LogP) is 3.10. The van der Waals surface area contributed by atoms with Gasteiger partial charge in [-0.1, -0.05) is 41.6 Å². The van der Waals surface area contributed by atoms with Crippen molar-refractivity contribution >= 4 is 34.2 Å². The van der Waals surface area contributed by atoms with Gasteiger partial charge in [-0.15, -0.1) is 0 Å². The van der Waals surface area contributed by atoms with Crippen molar-refractivity contribution in [2.45, 2.75) is 11.8 Å². The molecule has 1 heterocycles. The highest BCUT2D eigenvalue weighted by Crippen LogP contribution is 2.27. The zero-order valence-corrected chi connectivity index (χ0v) is 18.2. The number of amides is 1. The van der Waals surface area contributed by atoms with Crippen LogP contribution in [0.15, 0.2) is 82.7 Å². The van der Waals surface area contributed by atoms with Gasteiger partial charge in [0.15, 0.2) is 11.7 Å². The molecule has 1 atom stereocenters. The molecule has 11 heteroatoms. The molecule has 3 aromatic rings. The molecule has 1 amide bonds. The molecule has 0 spiro atoms. The van der Waals surface area contributed by atoms with E-state index >= 15 is 0 Å². The zero-order valence-electron chi connectivity index (χ0n) is 17.4. The zero-order chi connectivity index (χ0) is 24.0. The molecule has 0 aliphatic carbocycles. The number of anilines is 1. The number of halogens is 1. The summed E-state index contributed by atoms with van der Waals surface area (Å²) in [6.45, 7) is 1.44. The van der Waals surface area contributed by atoms with Crippen molar-refractivity contribution in [2.24, 2.45) is 16.8 Å². The number of carbonyl (C=O) groups excluding carboxylic acids is 1. The van der Waals surface area contributed by atoms with Crippen LogP contribution in [0, 0.1) is 0 Å². The quantitative estimate of drug-likeness (QED) is 0.136. The Morgan fingerprint density at radius 3 is 2.55 bits per heavy atom. The fraction of sp³-hybridized carbons (Fsp3) is 0.0455. The van der Waals surface area contributed by atoms with E-state index < -0.39 is 22.8 Å². The van der Waals surface area contributed by atoms with Gasteiger partial charge >= 0.3 is 0 Å². The van der Waals surface area contributed by atoms with Crippen molar-refractivity contribution in [2.75, 3.05) is 5.32 Å². The number of hydrogen-bond donors (Lipinski definition) is 4. The van der Waals surface area contributed by atoms with Crippen LogP contribution in [0.25, 0.3) is 16.7 Å². The number of nitrogens with one attached hydrogen (secondary N) is 1. The van der Waals surface area contributed by atoms with Gasteiger partial charge in [0.1, 0.15) is 5.82 Å². The number of amidine groups is 1. The van der Waals surface area contributed by atoms with Crippen LogP contribution in [-0.4, -0.2) is 26.1 Å². The van der Waals surface area contributed by atoms with Crippen molar-refractivity contribution in [3.8, 4) is 11.1 Å². The first-order valence-electron chi connectivity index (χ1n) is 9.46. The monoisotopic (exact) mass is 469 g/mol. The van der Waals surface area contributed by atoms with Crippen molar-refractivity contribution < 1.29 is 22.9 Å². The number of benzene rings is 2. The van der Waals surface area contributed by atoms with E-state index in [1.165, 1.54) is 25.3 Å². The summed E-state index contributed by atoms with van der Waals surface area (Å²) >= 11 is -1.86. The largest absolute Gasteiger partial charge is 0.409 e. The highest BCUT2D eigenvalue weighted by atomic mass is 32.2. The van der Waals surface area contributed by atoms with Gasteiger partial charge in [0.25, 0.3) is 5.91 Å². The number of nitrogens with two attached hydrogens (primary N) is 2. The fourth-order valence-electron chi connectivity index (χ4n) is 2.97. The number of hydrogen-bond acceptors (Lipinski definition) is 7. The molecule has 9 nitrogen and oxygen atoms in total. The number of nitrogens with zero attached hydrogens (tertiary/aromatic N) is 2. The first kappa shape index (κ1) is 23.7. The van der Waals surface area contributed by atoms with Gasteiger partial charge in [0.2, 0.25) is 11.1 Å². The third-order valence-corrected chi connectivity index (χ3v) is 5.59. The molecule has 0 radical (unpaired) electrons. The summed E-state index contributed by atoms with van der Waals surface area (Å²) in [5, 5.41) is 14.1. The molecule has 1 unspecified atom stereocenters. The molecular weight excluding hydrogens is 449 g/mol. The van der Waals surface area contributed by atoms with Crippen LogP contribution in [-0.2, 0) is 20.2 Å². The molecule has 3 rings (SSSR count). The molecule has 0 saturated heterocycles. The molecule has 33 heavy (non-hydrogen) atoms. The maximum Gasteiger partial charge on any atom is 0.285 e.